The summed E-state index contributed by atoms with van der Waals surface area (Å²) in [6.07, 6.45) is 5.93. The molecule has 0 aliphatic heterocycles. The second-order valence-corrected chi connectivity index (χ2v) is 7.09. The van der Waals surface area contributed by atoms with Crippen molar-refractivity contribution < 1.29 is 13.2 Å². The number of rotatable bonds is 7. The second-order valence-electron chi connectivity index (χ2n) is 5.32. The molecule has 2 rings (SSSR count). The lowest BCUT2D eigenvalue weighted by molar-refractivity contribution is 0.298. The van der Waals surface area contributed by atoms with E-state index in [1.54, 1.807) is 18.2 Å². The van der Waals surface area contributed by atoms with Crippen molar-refractivity contribution in [2.75, 3.05) is 6.61 Å². The van der Waals surface area contributed by atoms with Crippen molar-refractivity contribution in [2.45, 2.75) is 44.9 Å². The van der Waals surface area contributed by atoms with Crippen LogP contribution in [0.5, 0.6) is 5.75 Å². The molecule has 0 saturated heterocycles. The Balaban J connectivity index is 2.39. The molecular weight excluding hydrogens is 300 g/mol. The van der Waals surface area contributed by atoms with E-state index in [0.29, 0.717) is 12.4 Å². The molecule has 1 heterocycles. The van der Waals surface area contributed by atoms with Gasteiger partial charge in [-0.25, -0.2) is 0 Å². The lowest BCUT2D eigenvalue weighted by atomic mass is 10.1. The summed E-state index contributed by atoms with van der Waals surface area (Å²) in [7, 11) is -3.73. The number of aromatic nitrogens is 2. The van der Waals surface area contributed by atoms with Gasteiger partial charge in [0.1, 0.15) is 10.6 Å². The van der Waals surface area contributed by atoms with E-state index in [1.807, 2.05) is 13.8 Å². The first-order valence-electron chi connectivity index (χ1n) is 7.46. The van der Waals surface area contributed by atoms with Crippen LogP contribution in [0.15, 0.2) is 35.5 Å². The minimum Gasteiger partial charge on any atom is -0.492 e. The Labute approximate surface area is 132 Å². The number of benzene rings is 1. The van der Waals surface area contributed by atoms with Crippen LogP contribution in [0.1, 0.15) is 37.3 Å². The highest BCUT2D eigenvalue weighted by molar-refractivity contribution is 7.90. The highest BCUT2D eigenvalue weighted by Gasteiger charge is 2.23. The molecular formula is C16H22N2O3S. The smallest absolute Gasteiger partial charge is 0.286 e. The Hall–Kier alpha value is -1.82. The predicted molar refractivity (Wildman–Crippen MR) is 85.7 cm³/mol. The topological polar surface area (TPSA) is 61.2 Å². The van der Waals surface area contributed by atoms with Crippen molar-refractivity contribution >= 4 is 10.0 Å². The molecule has 2 aromatic rings. The first-order valence-corrected chi connectivity index (χ1v) is 8.90. The molecule has 0 bridgehead atoms. The van der Waals surface area contributed by atoms with Crippen LogP contribution >= 0.6 is 0 Å². The quantitative estimate of drug-likeness (QED) is 0.734. The average molecular weight is 322 g/mol. The van der Waals surface area contributed by atoms with Gasteiger partial charge in [-0.3, -0.25) is 0 Å². The zero-order valence-corrected chi connectivity index (χ0v) is 14.1. The normalized spacial score (nSPS) is 11.6. The summed E-state index contributed by atoms with van der Waals surface area (Å²) in [5.41, 5.74) is 1.91. The molecule has 1 aromatic heterocycles. The van der Waals surface area contributed by atoms with Crippen LogP contribution < -0.4 is 4.74 Å². The van der Waals surface area contributed by atoms with Crippen molar-refractivity contribution in [2.24, 2.45) is 0 Å². The van der Waals surface area contributed by atoms with Gasteiger partial charge >= 0.3 is 0 Å². The summed E-state index contributed by atoms with van der Waals surface area (Å²) in [5.74, 6) is 0.398. The van der Waals surface area contributed by atoms with Gasteiger partial charge in [0.05, 0.1) is 12.8 Å². The van der Waals surface area contributed by atoms with E-state index in [0.717, 1.165) is 34.5 Å². The van der Waals surface area contributed by atoms with Crippen LogP contribution in [0, 0.1) is 13.8 Å². The van der Waals surface area contributed by atoms with Gasteiger partial charge in [-0.1, -0.05) is 19.8 Å². The van der Waals surface area contributed by atoms with E-state index in [1.165, 1.54) is 12.4 Å². The molecule has 120 valence electrons. The van der Waals surface area contributed by atoms with E-state index in [9.17, 15) is 8.42 Å². The average Bonchev–Trinajstić information content (AvgIpc) is 3.01. The summed E-state index contributed by atoms with van der Waals surface area (Å²) in [6, 6.07) is 5.03. The number of hydrogen-bond donors (Lipinski definition) is 0. The Morgan fingerprint density at radius 1 is 1.18 bits per heavy atom. The van der Waals surface area contributed by atoms with Crippen LogP contribution in [-0.2, 0) is 10.0 Å². The van der Waals surface area contributed by atoms with E-state index >= 15 is 0 Å². The fourth-order valence-electron chi connectivity index (χ4n) is 2.11. The Morgan fingerprint density at radius 2 is 1.91 bits per heavy atom. The molecule has 0 aliphatic rings. The van der Waals surface area contributed by atoms with Crippen molar-refractivity contribution in [3.63, 3.8) is 0 Å². The molecule has 0 unspecified atom stereocenters. The van der Waals surface area contributed by atoms with Crippen molar-refractivity contribution in [1.29, 1.82) is 0 Å². The van der Waals surface area contributed by atoms with Crippen molar-refractivity contribution in [1.82, 2.24) is 9.19 Å². The minimum atomic E-state index is -3.73. The van der Waals surface area contributed by atoms with Crippen LogP contribution in [0.25, 0.3) is 0 Å². The molecule has 0 spiro atoms. The predicted octanol–water partition coefficient (Wildman–Crippen LogP) is 3.31. The standard InChI is InChI=1S/C16H22N2O3S/c1-4-5-6-10-21-15-11-13(2)14(3)12-16(15)22(19,20)18-9-7-8-17-18/h7-9,11-12H,4-6,10H2,1-3H3. The second kappa shape index (κ2) is 6.96. The maximum atomic E-state index is 12.7. The molecule has 5 nitrogen and oxygen atoms in total. The van der Waals surface area contributed by atoms with Gasteiger partial charge < -0.3 is 4.74 Å². The monoisotopic (exact) mass is 322 g/mol. The third-order valence-corrected chi connectivity index (χ3v) is 5.15. The molecule has 0 saturated carbocycles. The number of hydrogen-bond acceptors (Lipinski definition) is 4. The number of unbranched alkanes of at least 4 members (excludes halogenated alkanes) is 2. The van der Waals surface area contributed by atoms with Gasteiger partial charge in [0.2, 0.25) is 0 Å². The summed E-state index contributed by atoms with van der Waals surface area (Å²) in [5, 5.41) is 3.84. The molecule has 0 atom stereocenters. The molecule has 0 amide bonds. The van der Waals surface area contributed by atoms with Crippen LogP contribution in [-0.4, -0.2) is 24.2 Å². The Morgan fingerprint density at radius 3 is 2.55 bits per heavy atom. The molecule has 1 aromatic carbocycles. The molecule has 22 heavy (non-hydrogen) atoms. The van der Waals surface area contributed by atoms with Crippen molar-refractivity contribution in [3.8, 4) is 5.75 Å². The van der Waals surface area contributed by atoms with Crippen LogP contribution in [0.3, 0.4) is 0 Å². The van der Waals surface area contributed by atoms with E-state index < -0.39 is 10.0 Å². The zero-order valence-electron chi connectivity index (χ0n) is 13.2. The highest BCUT2D eigenvalue weighted by Crippen LogP contribution is 2.29. The molecule has 6 heteroatoms. The largest absolute Gasteiger partial charge is 0.492 e. The third-order valence-electron chi connectivity index (χ3n) is 3.57. The molecule has 0 fully saturated rings. The van der Waals surface area contributed by atoms with E-state index in [4.69, 9.17) is 4.74 Å². The lowest BCUT2D eigenvalue weighted by Crippen LogP contribution is -2.15. The maximum Gasteiger partial charge on any atom is 0.286 e. The van der Waals surface area contributed by atoms with Gasteiger partial charge in [0.25, 0.3) is 10.0 Å². The van der Waals surface area contributed by atoms with Crippen LogP contribution in [0.4, 0.5) is 0 Å². The van der Waals surface area contributed by atoms with Crippen LogP contribution in [0.2, 0.25) is 0 Å². The zero-order chi connectivity index (χ0) is 16.2. The van der Waals surface area contributed by atoms with Gasteiger partial charge in [-0.05, 0) is 49.6 Å². The van der Waals surface area contributed by atoms with E-state index in [-0.39, 0.29) is 4.90 Å². The summed E-state index contributed by atoms with van der Waals surface area (Å²) in [6.45, 7) is 6.46. The van der Waals surface area contributed by atoms with Gasteiger partial charge in [-0.2, -0.15) is 17.6 Å². The Kier molecular flexibility index (Phi) is 5.24. The van der Waals surface area contributed by atoms with Crippen molar-refractivity contribution in [3.05, 3.63) is 41.7 Å². The SMILES string of the molecule is CCCCCOc1cc(C)c(C)cc1S(=O)(=O)n1cccn1. The fourth-order valence-corrected chi connectivity index (χ4v) is 3.42. The highest BCUT2D eigenvalue weighted by atomic mass is 32.2. The van der Waals surface area contributed by atoms with Gasteiger partial charge in [-0.15, -0.1) is 0 Å². The summed E-state index contributed by atoms with van der Waals surface area (Å²) in [4.78, 5) is 0.163. The minimum absolute atomic E-state index is 0.163. The van der Waals surface area contributed by atoms with Gasteiger partial charge in [0, 0.05) is 6.20 Å². The number of aryl methyl sites for hydroxylation is 2. The third kappa shape index (κ3) is 3.50. The maximum absolute atomic E-state index is 12.7. The number of nitrogens with zero attached hydrogens (tertiary/aromatic N) is 2. The first kappa shape index (κ1) is 16.5. The molecule has 0 radical (unpaired) electrons. The molecule has 0 N–H and O–H groups in total. The summed E-state index contributed by atoms with van der Waals surface area (Å²) < 4.78 is 32.1. The van der Waals surface area contributed by atoms with Gasteiger partial charge in [0.15, 0.2) is 0 Å². The molecule has 0 aliphatic carbocycles. The number of ether oxygens (including phenoxy) is 1. The Bertz CT molecular complexity index is 722. The first-order chi connectivity index (χ1) is 10.5. The lowest BCUT2D eigenvalue weighted by Gasteiger charge is -2.14. The summed E-state index contributed by atoms with van der Waals surface area (Å²) >= 11 is 0. The van der Waals surface area contributed by atoms with E-state index in [2.05, 4.69) is 12.0 Å². The fraction of sp³-hybridized carbons (Fsp3) is 0.438.